The van der Waals surface area contributed by atoms with E-state index in [2.05, 4.69) is 10.3 Å². The minimum absolute atomic E-state index is 0.129. The third kappa shape index (κ3) is 3.01. The lowest BCUT2D eigenvalue weighted by Gasteiger charge is -2.08. The van der Waals surface area contributed by atoms with Crippen LogP contribution in [0, 0.1) is 24.0 Å². The van der Waals surface area contributed by atoms with E-state index in [4.69, 9.17) is 4.74 Å². The molecule has 8 nitrogen and oxygen atoms in total. The second-order valence-corrected chi connectivity index (χ2v) is 5.58. The largest absolute Gasteiger partial charge is 0.490 e. The molecule has 3 rings (SSSR count). The summed E-state index contributed by atoms with van der Waals surface area (Å²) in [5.74, 6) is -0.266. The Hall–Kier alpha value is -3.42. The average molecular weight is 340 g/mol. The van der Waals surface area contributed by atoms with Crippen LogP contribution in [0.1, 0.15) is 21.7 Å². The number of fused-ring (bicyclic) bond motifs is 1. The molecule has 0 saturated carbocycles. The zero-order valence-electron chi connectivity index (χ0n) is 13.9. The standard InChI is InChI=1S/C17H16N4O4/c1-10-6-7-20-15(8-10)18-11(2)16(20)17(22)19-12-4-5-14(25-3)13(9-12)21(23)24/h4-9H,1-3H3,(H,19,22). The van der Waals surface area contributed by atoms with Crippen LogP contribution < -0.4 is 10.1 Å². The van der Waals surface area contributed by atoms with Gasteiger partial charge in [0.05, 0.1) is 17.7 Å². The van der Waals surface area contributed by atoms with Crippen molar-refractivity contribution in [2.45, 2.75) is 13.8 Å². The molecule has 0 aliphatic heterocycles. The van der Waals surface area contributed by atoms with Gasteiger partial charge in [0.25, 0.3) is 5.91 Å². The highest BCUT2D eigenvalue weighted by atomic mass is 16.6. The van der Waals surface area contributed by atoms with Crippen LogP contribution in [-0.2, 0) is 0 Å². The molecule has 0 unspecified atom stereocenters. The number of carbonyl (C=O) groups excluding carboxylic acids is 1. The molecule has 0 bridgehead atoms. The van der Waals surface area contributed by atoms with Crippen molar-refractivity contribution in [2.24, 2.45) is 0 Å². The lowest BCUT2D eigenvalue weighted by molar-refractivity contribution is -0.385. The molecule has 128 valence electrons. The van der Waals surface area contributed by atoms with E-state index < -0.39 is 10.8 Å². The second kappa shape index (κ2) is 6.23. The number of ether oxygens (including phenoxy) is 1. The molecule has 1 N–H and O–H groups in total. The van der Waals surface area contributed by atoms with Crippen molar-refractivity contribution in [1.29, 1.82) is 0 Å². The number of nitrogens with zero attached hydrogens (tertiary/aromatic N) is 3. The smallest absolute Gasteiger partial charge is 0.312 e. The maximum absolute atomic E-state index is 12.7. The number of benzene rings is 1. The number of aryl methyl sites for hydroxylation is 2. The Kier molecular flexibility index (Phi) is 4.10. The van der Waals surface area contributed by atoms with Crippen molar-refractivity contribution < 1.29 is 14.5 Å². The first-order valence-corrected chi connectivity index (χ1v) is 7.50. The van der Waals surface area contributed by atoms with Crippen LogP contribution in [0.4, 0.5) is 11.4 Å². The topological polar surface area (TPSA) is 98.8 Å². The highest BCUT2D eigenvalue weighted by Gasteiger charge is 2.19. The van der Waals surface area contributed by atoms with Crippen LogP contribution in [0.3, 0.4) is 0 Å². The molecule has 1 amide bonds. The fourth-order valence-electron chi connectivity index (χ4n) is 2.64. The van der Waals surface area contributed by atoms with Crippen LogP contribution in [-0.4, -0.2) is 27.3 Å². The average Bonchev–Trinajstić information content (AvgIpc) is 2.89. The van der Waals surface area contributed by atoms with E-state index in [1.54, 1.807) is 23.6 Å². The first-order chi connectivity index (χ1) is 11.9. The number of carbonyl (C=O) groups is 1. The van der Waals surface area contributed by atoms with Crippen molar-refractivity contribution in [3.63, 3.8) is 0 Å². The van der Waals surface area contributed by atoms with E-state index in [1.165, 1.54) is 19.2 Å². The molecule has 8 heteroatoms. The van der Waals surface area contributed by atoms with E-state index >= 15 is 0 Å². The number of anilines is 1. The molecule has 25 heavy (non-hydrogen) atoms. The zero-order valence-corrected chi connectivity index (χ0v) is 13.9. The molecule has 0 atom stereocenters. The van der Waals surface area contributed by atoms with E-state index in [0.29, 0.717) is 22.7 Å². The predicted octanol–water partition coefficient (Wildman–Crippen LogP) is 3.12. The number of aromatic nitrogens is 2. The number of pyridine rings is 1. The summed E-state index contributed by atoms with van der Waals surface area (Å²) in [4.78, 5) is 27.6. The van der Waals surface area contributed by atoms with Crippen molar-refractivity contribution in [2.75, 3.05) is 12.4 Å². The first kappa shape index (κ1) is 16.4. The van der Waals surface area contributed by atoms with Gasteiger partial charge in [-0.25, -0.2) is 4.98 Å². The van der Waals surface area contributed by atoms with Crippen LogP contribution in [0.2, 0.25) is 0 Å². The molecular weight excluding hydrogens is 324 g/mol. The molecule has 0 aliphatic carbocycles. The number of nitro benzene ring substituents is 1. The molecule has 0 aliphatic rings. The molecular formula is C17H16N4O4. The van der Waals surface area contributed by atoms with Gasteiger partial charge < -0.3 is 10.1 Å². The van der Waals surface area contributed by atoms with Gasteiger partial charge in [-0.15, -0.1) is 0 Å². The minimum Gasteiger partial charge on any atom is -0.490 e. The highest BCUT2D eigenvalue weighted by molar-refractivity contribution is 6.04. The molecule has 1 aromatic carbocycles. The zero-order chi connectivity index (χ0) is 18.1. The SMILES string of the molecule is COc1ccc(NC(=O)c2c(C)nc3cc(C)ccn23)cc1[N+](=O)[O-]. The van der Waals surface area contributed by atoms with Gasteiger partial charge in [0, 0.05) is 18.0 Å². The van der Waals surface area contributed by atoms with Crippen molar-refractivity contribution in [3.8, 4) is 5.75 Å². The monoisotopic (exact) mass is 340 g/mol. The Morgan fingerprint density at radius 2 is 2.04 bits per heavy atom. The number of rotatable bonds is 4. The van der Waals surface area contributed by atoms with Gasteiger partial charge in [-0.1, -0.05) is 0 Å². The summed E-state index contributed by atoms with van der Waals surface area (Å²) in [5, 5.41) is 13.8. The van der Waals surface area contributed by atoms with Crippen molar-refractivity contribution in [3.05, 3.63) is 63.6 Å². The van der Waals surface area contributed by atoms with Crippen LogP contribution in [0.5, 0.6) is 5.75 Å². The van der Waals surface area contributed by atoms with Crippen LogP contribution in [0.15, 0.2) is 36.5 Å². The molecule has 0 fully saturated rings. The summed E-state index contributed by atoms with van der Waals surface area (Å²) in [6, 6.07) is 8.01. The molecule has 2 heterocycles. The molecule has 0 radical (unpaired) electrons. The van der Waals surface area contributed by atoms with Gasteiger partial charge in [0.2, 0.25) is 0 Å². The number of hydrogen-bond acceptors (Lipinski definition) is 5. The van der Waals surface area contributed by atoms with Gasteiger partial charge in [-0.2, -0.15) is 0 Å². The maximum Gasteiger partial charge on any atom is 0.312 e. The highest BCUT2D eigenvalue weighted by Crippen LogP contribution is 2.30. The van der Waals surface area contributed by atoms with Gasteiger partial charge >= 0.3 is 5.69 Å². The minimum atomic E-state index is -0.559. The van der Waals surface area contributed by atoms with Crippen LogP contribution >= 0.6 is 0 Å². The van der Waals surface area contributed by atoms with E-state index in [0.717, 1.165) is 5.56 Å². The Labute approximate surface area is 143 Å². The third-order valence-electron chi connectivity index (χ3n) is 3.80. The van der Waals surface area contributed by atoms with Gasteiger partial charge in [0.15, 0.2) is 5.75 Å². The summed E-state index contributed by atoms with van der Waals surface area (Å²) in [7, 11) is 1.35. The fourth-order valence-corrected chi connectivity index (χ4v) is 2.64. The van der Waals surface area contributed by atoms with Gasteiger partial charge in [-0.3, -0.25) is 19.3 Å². The lowest BCUT2D eigenvalue weighted by atomic mass is 10.2. The maximum atomic E-state index is 12.7. The number of amides is 1. The van der Waals surface area contributed by atoms with E-state index in [1.807, 2.05) is 19.1 Å². The number of imidazole rings is 1. The lowest BCUT2D eigenvalue weighted by Crippen LogP contribution is -2.15. The van der Waals surface area contributed by atoms with Gasteiger partial charge in [0.1, 0.15) is 11.3 Å². The molecule has 2 aromatic heterocycles. The summed E-state index contributed by atoms with van der Waals surface area (Å²) in [5.41, 5.74) is 2.75. The van der Waals surface area contributed by atoms with Gasteiger partial charge in [-0.05, 0) is 43.7 Å². The number of methoxy groups -OCH3 is 1. The second-order valence-electron chi connectivity index (χ2n) is 5.58. The molecule has 0 spiro atoms. The predicted molar refractivity (Wildman–Crippen MR) is 92.3 cm³/mol. The summed E-state index contributed by atoms with van der Waals surface area (Å²) >= 11 is 0. The molecule has 3 aromatic rings. The first-order valence-electron chi connectivity index (χ1n) is 7.50. The number of hydrogen-bond donors (Lipinski definition) is 1. The number of nitrogens with one attached hydrogen (secondary N) is 1. The Bertz CT molecular complexity index is 994. The Morgan fingerprint density at radius 3 is 2.72 bits per heavy atom. The third-order valence-corrected chi connectivity index (χ3v) is 3.80. The summed E-state index contributed by atoms with van der Waals surface area (Å²) in [6.45, 7) is 3.69. The van der Waals surface area contributed by atoms with E-state index in [-0.39, 0.29) is 11.4 Å². The van der Waals surface area contributed by atoms with Crippen molar-refractivity contribution >= 4 is 22.9 Å². The number of nitro groups is 1. The van der Waals surface area contributed by atoms with Crippen LogP contribution in [0.25, 0.3) is 5.65 Å². The summed E-state index contributed by atoms with van der Waals surface area (Å²) < 4.78 is 6.65. The Balaban J connectivity index is 1.97. The molecule has 0 saturated heterocycles. The fraction of sp³-hybridized carbons (Fsp3) is 0.176. The van der Waals surface area contributed by atoms with Crippen molar-refractivity contribution in [1.82, 2.24) is 9.38 Å². The summed E-state index contributed by atoms with van der Waals surface area (Å²) in [6.07, 6.45) is 1.77. The normalized spacial score (nSPS) is 10.7. The Morgan fingerprint density at radius 1 is 1.28 bits per heavy atom. The van der Waals surface area contributed by atoms with E-state index in [9.17, 15) is 14.9 Å². The quantitative estimate of drug-likeness (QED) is 0.581.